The van der Waals surface area contributed by atoms with Gasteiger partial charge in [0.1, 0.15) is 0 Å². The van der Waals surface area contributed by atoms with Crippen molar-refractivity contribution in [2.45, 2.75) is 64.2 Å². The summed E-state index contributed by atoms with van der Waals surface area (Å²) in [6, 6.07) is 4.19. The zero-order valence-corrected chi connectivity index (χ0v) is 14.4. The molecule has 1 aromatic rings. The van der Waals surface area contributed by atoms with Crippen LogP contribution in [0.15, 0.2) is 18.2 Å². The number of nitrogens with one attached hydrogen (secondary N) is 1. The fraction of sp³-hybridized carbons (Fsp3) is 0.632. The molecule has 1 saturated carbocycles. The first-order chi connectivity index (χ1) is 11.3. The number of carbonyl (C=O) groups is 1. The predicted octanol–water partition coefficient (Wildman–Crippen LogP) is 4.13. The molecular formula is C19H25F2NO2. The minimum absolute atomic E-state index is 0.0491. The van der Waals surface area contributed by atoms with Gasteiger partial charge in [-0.1, -0.05) is 25.5 Å². The third-order valence-electron chi connectivity index (χ3n) is 5.61. The van der Waals surface area contributed by atoms with Crippen LogP contribution in [-0.4, -0.2) is 17.6 Å². The summed E-state index contributed by atoms with van der Waals surface area (Å²) in [5, 5.41) is 3.07. The highest BCUT2D eigenvalue weighted by atomic mass is 19.2. The lowest BCUT2D eigenvalue weighted by Gasteiger charge is -2.52. The second-order valence-electron chi connectivity index (χ2n) is 7.63. The number of ether oxygens (including phenoxy) is 1. The molecule has 3 nitrogen and oxygen atoms in total. The van der Waals surface area contributed by atoms with E-state index in [-0.39, 0.29) is 23.5 Å². The van der Waals surface area contributed by atoms with Crippen molar-refractivity contribution in [3.63, 3.8) is 0 Å². The first kappa shape index (κ1) is 17.3. The third-order valence-corrected chi connectivity index (χ3v) is 5.61. The van der Waals surface area contributed by atoms with Gasteiger partial charge in [0, 0.05) is 30.4 Å². The number of carbonyl (C=O) groups excluding carboxylic acids is 1. The van der Waals surface area contributed by atoms with E-state index in [1.807, 2.05) is 6.92 Å². The first-order valence-corrected chi connectivity index (χ1v) is 8.68. The van der Waals surface area contributed by atoms with Gasteiger partial charge in [0.25, 0.3) is 0 Å². The van der Waals surface area contributed by atoms with Crippen LogP contribution in [0, 0.1) is 23.5 Å². The number of halogens is 2. The first-order valence-electron chi connectivity index (χ1n) is 8.68. The van der Waals surface area contributed by atoms with Gasteiger partial charge >= 0.3 is 0 Å². The summed E-state index contributed by atoms with van der Waals surface area (Å²) >= 11 is 0. The van der Waals surface area contributed by atoms with E-state index in [4.69, 9.17) is 4.74 Å². The highest BCUT2D eigenvalue weighted by Gasteiger charge is 2.49. The Balaban J connectivity index is 1.95. The maximum Gasteiger partial charge on any atom is 0.217 e. The average molecular weight is 337 g/mol. The molecule has 5 heteroatoms. The van der Waals surface area contributed by atoms with Gasteiger partial charge in [-0.25, -0.2) is 8.78 Å². The number of benzene rings is 1. The average Bonchev–Trinajstić information content (AvgIpc) is 2.48. The van der Waals surface area contributed by atoms with Crippen LogP contribution in [0.3, 0.4) is 0 Å². The largest absolute Gasteiger partial charge is 0.370 e. The lowest BCUT2D eigenvalue weighted by molar-refractivity contribution is -0.153. The molecule has 1 N–H and O–H groups in total. The third kappa shape index (κ3) is 3.18. The van der Waals surface area contributed by atoms with E-state index in [0.717, 1.165) is 25.3 Å². The zero-order chi connectivity index (χ0) is 17.5. The Hall–Kier alpha value is -1.49. The highest BCUT2D eigenvalue weighted by Crippen LogP contribution is 2.48. The Morgan fingerprint density at radius 1 is 1.33 bits per heavy atom. The van der Waals surface area contributed by atoms with Crippen molar-refractivity contribution in [3.8, 4) is 0 Å². The van der Waals surface area contributed by atoms with Crippen molar-refractivity contribution in [2.24, 2.45) is 11.8 Å². The van der Waals surface area contributed by atoms with E-state index in [2.05, 4.69) is 12.2 Å². The van der Waals surface area contributed by atoms with Crippen LogP contribution in [0.1, 0.15) is 58.1 Å². The molecule has 0 bridgehead atoms. The smallest absolute Gasteiger partial charge is 0.217 e. The molecule has 1 saturated heterocycles. The Bertz CT molecular complexity index is 636. The van der Waals surface area contributed by atoms with Crippen molar-refractivity contribution in [2.75, 3.05) is 0 Å². The molecular weight excluding hydrogens is 312 g/mol. The maximum absolute atomic E-state index is 14.3. The van der Waals surface area contributed by atoms with Gasteiger partial charge < -0.3 is 10.1 Å². The molecule has 0 spiro atoms. The maximum atomic E-state index is 14.3. The van der Waals surface area contributed by atoms with E-state index in [1.165, 1.54) is 13.0 Å². The number of amides is 1. The molecule has 2 aliphatic rings. The van der Waals surface area contributed by atoms with Crippen molar-refractivity contribution >= 4 is 5.91 Å². The van der Waals surface area contributed by atoms with Crippen LogP contribution in [0.4, 0.5) is 8.78 Å². The Morgan fingerprint density at radius 3 is 2.79 bits per heavy atom. The molecule has 24 heavy (non-hydrogen) atoms. The van der Waals surface area contributed by atoms with Gasteiger partial charge in [-0.3, -0.25) is 4.79 Å². The number of hydrogen-bond acceptors (Lipinski definition) is 2. The van der Waals surface area contributed by atoms with Gasteiger partial charge in [0.2, 0.25) is 5.91 Å². The molecule has 1 aliphatic heterocycles. The summed E-state index contributed by atoms with van der Waals surface area (Å²) in [6.07, 6.45) is 2.80. The summed E-state index contributed by atoms with van der Waals surface area (Å²) in [5.41, 5.74) is -0.235. The molecule has 0 unspecified atom stereocenters. The van der Waals surface area contributed by atoms with E-state index in [0.29, 0.717) is 12.3 Å². The van der Waals surface area contributed by atoms with E-state index >= 15 is 0 Å². The molecule has 1 amide bonds. The van der Waals surface area contributed by atoms with Crippen LogP contribution in [-0.2, 0) is 9.53 Å². The standard InChI is InChI=1S/C19H25F2NO2/c1-11-7-8-14-16(9-11)24-17(10-19(14,3)22-12(2)23)13-5-4-6-15(20)18(13)21/h4-6,11,14,16-17H,7-10H2,1-3H3,(H,22,23)/t11-,14-,16-,17-,19-/m1/s1. The molecule has 2 fully saturated rings. The topological polar surface area (TPSA) is 38.3 Å². The van der Waals surface area contributed by atoms with E-state index < -0.39 is 23.3 Å². The summed E-state index contributed by atoms with van der Waals surface area (Å²) in [4.78, 5) is 11.7. The fourth-order valence-corrected chi connectivity index (χ4v) is 4.50. The quantitative estimate of drug-likeness (QED) is 0.881. The summed E-state index contributed by atoms with van der Waals surface area (Å²) < 4.78 is 34.1. The molecule has 1 aromatic carbocycles. The minimum atomic E-state index is -0.864. The zero-order valence-electron chi connectivity index (χ0n) is 14.4. The highest BCUT2D eigenvalue weighted by molar-refractivity contribution is 5.73. The normalized spacial score (nSPS) is 36.0. The molecule has 3 rings (SSSR count). The van der Waals surface area contributed by atoms with Crippen molar-refractivity contribution in [1.82, 2.24) is 5.32 Å². The molecule has 0 aromatic heterocycles. The molecule has 132 valence electrons. The Kier molecular flexibility index (Phi) is 4.65. The van der Waals surface area contributed by atoms with E-state index in [1.54, 1.807) is 6.07 Å². The van der Waals surface area contributed by atoms with Crippen LogP contribution < -0.4 is 5.32 Å². The summed E-state index contributed by atoms with van der Waals surface area (Å²) in [5.74, 6) is -1.09. The number of hydrogen-bond donors (Lipinski definition) is 1. The van der Waals surface area contributed by atoms with Crippen LogP contribution in [0.2, 0.25) is 0 Å². The lowest BCUT2D eigenvalue weighted by Crippen LogP contribution is -2.60. The molecule has 5 atom stereocenters. The second kappa shape index (κ2) is 6.43. The van der Waals surface area contributed by atoms with Gasteiger partial charge in [0.05, 0.1) is 12.2 Å². The van der Waals surface area contributed by atoms with Gasteiger partial charge in [-0.2, -0.15) is 0 Å². The van der Waals surface area contributed by atoms with Crippen molar-refractivity contribution < 1.29 is 18.3 Å². The molecule has 0 radical (unpaired) electrons. The van der Waals surface area contributed by atoms with Crippen molar-refractivity contribution in [1.29, 1.82) is 0 Å². The minimum Gasteiger partial charge on any atom is -0.370 e. The number of fused-ring (bicyclic) bond motifs is 1. The van der Waals surface area contributed by atoms with Crippen LogP contribution in [0.25, 0.3) is 0 Å². The summed E-state index contributed by atoms with van der Waals surface area (Å²) in [6.45, 7) is 5.69. The second-order valence-corrected chi connectivity index (χ2v) is 7.63. The predicted molar refractivity (Wildman–Crippen MR) is 87.3 cm³/mol. The summed E-state index contributed by atoms with van der Waals surface area (Å²) in [7, 11) is 0. The monoisotopic (exact) mass is 337 g/mol. The lowest BCUT2D eigenvalue weighted by atomic mass is 9.66. The Morgan fingerprint density at radius 2 is 2.08 bits per heavy atom. The van der Waals surface area contributed by atoms with Crippen LogP contribution in [0.5, 0.6) is 0 Å². The van der Waals surface area contributed by atoms with Crippen LogP contribution >= 0.6 is 0 Å². The van der Waals surface area contributed by atoms with Gasteiger partial charge in [0.15, 0.2) is 11.6 Å². The van der Waals surface area contributed by atoms with E-state index in [9.17, 15) is 13.6 Å². The SMILES string of the molecule is CC(=O)N[C@]1(C)C[C@H](c2cccc(F)c2F)O[C@@H]2C[C@H](C)CC[C@H]21. The Labute approximate surface area is 141 Å². The van der Waals surface area contributed by atoms with Gasteiger partial charge in [-0.15, -0.1) is 0 Å². The van der Waals surface area contributed by atoms with Gasteiger partial charge in [-0.05, 0) is 31.7 Å². The molecule has 1 heterocycles. The molecule has 1 aliphatic carbocycles. The number of rotatable bonds is 2. The van der Waals surface area contributed by atoms with Crippen molar-refractivity contribution in [3.05, 3.63) is 35.4 Å². The fourth-order valence-electron chi connectivity index (χ4n) is 4.50.